The number of allylic oxidation sites excluding steroid dienone is 1. The minimum atomic E-state index is -4.48. The molecule has 11 heteroatoms. The van der Waals surface area contributed by atoms with E-state index in [1.807, 2.05) is 39.0 Å². The Balaban J connectivity index is 0.000000270. The van der Waals surface area contributed by atoms with Crippen molar-refractivity contribution in [1.82, 2.24) is 14.8 Å². The minimum Gasteiger partial charge on any atom is -0.473 e. The van der Waals surface area contributed by atoms with Crippen molar-refractivity contribution in [2.75, 3.05) is 7.11 Å². The first-order chi connectivity index (χ1) is 20.9. The van der Waals surface area contributed by atoms with Gasteiger partial charge in [-0.3, -0.25) is 0 Å². The van der Waals surface area contributed by atoms with Crippen molar-refractivity contribution < 1.29 is 36.9 Å². The molecule has 3 aromatic rings. The lowest BCUT2D eigenvalue weighted by Crippen LogP contribution is -2.29. The van der Waals surface area contributed by atoms with E-state index in [-0.39, 0.29) is 12.6 Å². The van der Waals surface area contributed by atoms with Gasteiger partial charge in [0.05, 0.1) is 12.8 Å². The highest BCUT2D eigenvalue weighted by Crippen LogP contribution is 2.40. The molecule has 0 saturated carbocycles. The lowest BCUT2D eigenvalue weighted by atomic mass is 9.76. The van der Waals surface area contributed by atoms with E-state index in [0.29, 0.717) is 53.1 Å². The SMILES string of the molecule is CC1(C)Oc2ccc(COc3cc(-n4nc(C(F)(F)F)c5c4CCCC5)ccn3)cc2O1.CCCC1CC(C(=O)OC)=C1C. The Labute approximate surface area is 255 Å². The van der Waals surface area contributed by atoms with Crippen molar-refractivity contribution >= 4 is 5.97 Å². The van der Waals surface area contributed by atoms with Gasteiger partial charge >= 0.3 is 12.1 Å². The van der Waals surface area contributed by atoms with Gasteiger partial charge in [0, 0.05) is 42.9 Å². The van der Waals surface area contributed by atoms with E-state index in [0.717, 1.165) is 30.4 Å². The fraction of sp³-hybridized carbons (Fsp3) is 0.485. The van der Waals surface area contributed by atoms with E-state index < -0.39 is 17.7 Å². The van der Waals surface area contributed by atoms with Crippen LogP contribution in [0.3, 0.4) is 0 Å². The van der Waals surface area contributed by atoms with Crippen molar-refractivity contribution in [3.63, 3.8) is 0 Å². The third-order valence-corrected chi connectivity index (χ3v) is 8.13. The van der Waals surface area contributed by atoms with Crippen LogP contribution < -0.4 is 14.2 Å². The molecule has 0 N–H and O–H groups in total. The van der Waals surface area contributed by atoms with Crippen LogP contribution in [0, 0.1) is 5.92 Å². The first kappa shape index (κ1) is 31.4. The summed E-state index contributed by atoms with van der Waals surface area (Å²) in [5.41, 5.74) is 3.60. The molecule has 3 aliphatic rings. The molecule has 0 radical (unpaired) electrons. The number of halogens is 3. The van der Waals surface area contributed by atoms with Crippen LogP contribution >= 0.6 is 0 Å². The normalized spacial score (nSPS) is 18.1. The number of benzene rings is 1. The molecule has 0 bridgehead atoms. The number of pyridine rings is 1. The highest BCUT2D eigenvalue weighted by Gasteiger charge is 2.40. The molecular weight excluding hydrogens is 575 g/mol. The Hall–Kier alpha value is -4.02. The fourth-order valence-electron chi connectivity index (χ4n) is 5.87. The number of hydrogen-bond acceptors (Lipinski definition) is 7. The van der Waals surface area contributed by atoms with Crippen LogP contribution in [0.1, 0.15) is 82.3 Å². The monoisotopic (exact) mass is 613 g/mol. The van der Waals surface area contributed by atoms with Crippen molar-refractivity contribution in [2.45, 2.75) is 91.2 Å². The van der Waals surface area contributed by atoms with Crippen LogP contribution in [0.25, 0.3) is 5.69 Å². The summed E-state index contributed by atoms with van der Waals surface area (Å²) in [4.78, 5) is 15.3. The third kappa shape index (κ3) is 6.71. The Morgan fingerprint density at radius 1 is 1.11 bits per heavy atom. The Kier molecular flexibility index (Phi) is 8.95. The highest BCUT2D eigenvalue weighted by atomic mass is 19.4. The van der Waals surface area contributed by atoms with Gasteiger partial charge in [0.2, 0.25) is 11.7 Å². The number of alkyl halides is 3. The van der Waals surface area contributed by atoms with Gasteiger partial charge in [0.15, 0.2) is 17.2 Å². The molecule has 0 amide bonds. The summed E-state index contributed by atoms with van der Waals surface area (Å²) in [7, 11) is 1.44. The Morgan fingerprint density at radius 2 is 1.86 bits per heavy atom. The van der Waals surface area contributed by atoms with Crippen LogP contribution in [0.5, 0.6) is 17.4 Å². The van der Waals surface area contributed by atoms with Gasteiger partial charge in [-0.25, -0.2) is 14.5 Å². The standard InChI is InChI=1S/C23H22F3N3O3.C10H16O2/c1-22(2)31-18-8-7-14(11-19(18)32-22)13-30-20-12-15(9-10-27-20)29-17-6-4-3-5-16(17)21(28-29)23(24,25)26;1-4-5-8-6-9(7(8)2)10(11)12-3/h7-12H,3-6,13H2,1-2H3;8H,4-6H2,1-3H3. The first-order valence-electron chi connectivity index (χ1n) is 15.0. The maximum atomic E-state index is 13.5. The minimum absolute atomic E-state index is 0.139. The number of carbonyl (C=O) groups excluding carboxylic acids is 1. The molecule has 1 atom stereocenters. The smallest absolute Gasteiger partial charge is 0.435 e. The molecule has 44 heavy (non-hydrogen) atoms. The van der Waals surface area contributed by atoms with Gasteiger partial charge in [-0.2, -0.15) is 18.3 Å². The van der Waals surface area contributed by atoms with Gasteiger partial charge in [0.25, 0.3) is 0 Å². The second-order valence-corrected chi connectivity index (χ2v) is 11.8. The summed E-state index contributed by atoms with van der Waals surface area (Å²) < 4.78 is 63.8. The largest absolute Gasteiger partial charge is 0.473 e. The molecular formula is C33H38F3N3O5. The maximum absolute atomic E-state index is 13.5. The third-order valence-electron chi connectivity index (χ3n) is 8.13. The van der Waals surface area contributed by atoms with E-state index >= 15 is 0 Å². The molecule has 1 aliphatic heterocycles. The predicted molar refractivity (Wildman–Crippen MR) is 157 cm³/mol. The van der Waals surface area contributed by atoms with Gasteiger partial charge in [-0.15, -0.1) is 0 Å². The number of methoxy groups -OCH3 is 1. The lowest BCUT2D eigenvalue weighted by molar-refractivity contribution is -0.142. The molecule has 1 unspecified atom stereocenters. The molecule has 0 saturated heterocycles. The van der Waals surface area contributed by atoms with Gasteiger partial charge in [-0.05, 0) is 75.1 Å². The summed E-state index contributed by atoms with van der Waals surface area (Å²) in [6, 6.07) is 8.78. The average molecular weight is 614 g/mol. The van der Waals surface area contributed by atoms with Crippen molar-refractivity contribution in [3.05, 3.63) is 70.2 Å². The number of esters is 1. The second kappa shape index (κ2) is 12.5. The molecule has 1 aromatic carbocycles. The van der Waals surface area contributed by atoms with Crippen molar-refractivity contribution in [1.29, 1.82) is 0 Å². The van der Waals surface area contributed by atoms with Crippen LogP contribution in [0.4, 0.5) is 13.2 Å². The first-order valence-corrected chi connectivity index (χ1v) is 15.0. The van der Waals surface area contributed by atoms with Crippen LogP contribution in [0.15, 0.2) is 47.7 Å². The number of rotatable bonds is 7. The van der Waals surface area contributed by atoms with Gasteiger partial charge in [-0.1, -0.05) is 25.0 Å². The zero-order valence-electron chi connectivity index (χ0n) is 25.7. The summed E-state index contributed by atoms with van der Waals surface area (Å²) in [6.45, 7) is 8.09. The molecule has 6 rings (SSSR count). The maximum Gasteiger partial charge on any atom is 0.435 e. The number of carbonyl (C=O) groups is 1. The fourth-order valence-corrected chi connectivity index (χ4v) is 5.87. The van der Waals surface area contributed by atoms with E-state index in [9.17, 15) is 18.0 Å². The zero-order chi connectivity index (χ0) is 31.6. The Bertz CT molecular complexity index is 1560. The molecule has 236 valence electrons. The molecule has 3 heterocycles. The molecule has 2 aliphatic carbocycles. The summed E-state index contributed by atoms with van der Waals surface area (Å²) in [5, 5.41) is 3.92. The quantitative estimate of drug-likeness (QED) is 0.255. The second-order valence-electron chi connectivity index (χ2n) is 11.8. The van der Waals surface area contributed by atoms with Crippen LogP contribution in [0.2, 0.25) is 0 Å². The number of aromatic nitrogens is 3. The van der Waals surface area contributed by atoms with Crippen LogP contribution in [-0.4, -0.2) is 33.6 Å². The zero-order valence-corrected chi connectivity index (χ0v) is 25.7. The van der Waals surface area contributed by atoms with E-state index in [1.54, 1.807) is 12.1 Å². The lowest BCUT2D eigenvalue weighted by Gasteiger charge is -2.29. The Morgan fingerprint density at radius 3 is 2.57 bits per heavy atom. The topological polar surface area (TPSA) is 84.7 Å². The summed E-state index contributed by atoms with van der Waals surface area (Å²) in [5.74, 6) is 1.40. The number of ether oxygens (including phenoxy) is 4. The molecule has 2 aromatic heterocycles. The molecule has 0 spiro atoms. The summed E-state index contributed by atoms with van der Waals surface area (Å²) in [6.07, 6.45) is 2.87. The summed E-state index contributed by atoms with van der Waals surface area (Å²) >= 11 is 0. The van der Waals surface area contributed by atoms with Crippen molar-refractivity contribution in [3.8, 4) is 23.1 Å². The van der Waals surface area contributed by atoms with E-state index in [2.05, 4.69) is 21.7 Å². The van der Waals surface area contributed by atoms with Gasteiger partial charge < -0.3 is 18.9 Å². The molecule has 8 nitrogen and oxygen atoms in total. The van der Waals surface area contributed by atoms with E-state index in [4.69, 9.17) is 14.2 Å². The van der Waals surface area contributed by atoms with Crippen molar-refractivity contribution in [2.24, 2.45) is 5.92 Å². The van der Waals surface area contributed by atoms with Crippen LogP contribution in [-0.2, 0) is 35.2 Å². The average Bonchev–Trinajstić information content (AvgIpc) is 3.54. The van der Waals surface area contributed by atoms with Gasteiger partial charge in [0.1, 0.15) is 6.61 Å². The molecule has 0 fully saturated rings. The number of nitrogens with zero attached hydrogens (tertiary/aromatic N) is 3. The number of hydrogen-bond donors (Lipinski definition) is 0. The number of fused-ring (bicyclic) bond motifs is 2. The highest BCUT2D eigenvalue weighted by molar-refractivity contribution is 5.91. The van der Waals surface area contributed by atoms with E-state index in [1.165, 1.54) is 36.4 Å². The predicted octanol–water partition coefficient (Wildman–Crippen LogP) is 7.55.